The van der Waals surface area contributed by atoms with Gasteiger partial charge in [0, 0.05) is 44.8 Å². The molecule has 1 aliphatic carbocycles. The Morgan fingerprint density at radius 1 is 1.26 bits per heavy atom. The van der Waals surface area contributed by atoms with Gasteiger partial charge in [0.15, 0.2) is 5.82 Å². The average molecular weight is 483 g/mol. The van der Waals surface area contributed by atoms with Gasteiger partial charge in [-0.1, -0.05) is 12.8 Å². The standard InChI is InChI=1S/C25H34N6O4/c1-30-20-16-27-25(29-23(20)31(13-11-22(30)33)18-7-3-4-8-18)28-19-15-17(9-10-21(19)35-2)24(34)26-12-5-6-14-32/h9-10,15-16,18,32H,3-8,11-14H2,1-2H3,(H,26,34)(H,27,28,29). The number of unbranched alkanes of at least 4 members (excludes halogenated alkanes) is 1. The fourth-order valence-corrected chi connectivity index (χ4v) is 4.68. The fourth-order valence-electron chi connectivity index (χ4n) is 4.68. The normalized spacial score (nSPS) is 16.1. The minimum absolute atomic E-state index is 0.0513. The van der Waals surface area contributed by atoms with Crippen molar-refractivity contribution in [2.75, 3.05) is 49.0 Å². The van der Waals surface area contributed by atoms with Gasteiger partial charge in [0.05, 0.1) is 19.0 Å². The summed E-state index contributed by atoms with van der Waals surface area (Å²) >= 11 is 0. The van der Waals surface area contributed by atoms with E-state index in [1.54, 1.807) is 43.5 Å². The zero-order valence-corrected chi connectivity index (χ0v) is 20.4. The Bertz CT molecular complexity index is 1060. The maximum atomic E-state index is 12.6. The molecule has 0 spiro atoms. The number of anilines is 4. The third kappa shape index (κ3) is 5.64. The van der Waals surface area contributed by atoms with Crippen LogP contribution in [0.15, 0.2) is 24.4 Å². The zero-order chi connectivity index (χ0) is 24.8. The first-order chi connectivity index (χ1) is 17.0. The molecule has 2 heterocycles. The topological polar surface area (TPSA) is 120 Å². The van der Waals surface area contributed by atoms with E-state index in [1.165, 1.54) is 12.8 Å². The van der Waals surface area contributed by atoms with Crippen LogP contribution in [0.2, 0.25) is 0 Å². The van der Waals surface area contributed by atoms with E-state index in [9.17, 15) is 9.59 Å². The Morgan fingerprint density at radius 3 is 2.80 bits per heavy atom. The van der Waals surface area contributed by atoms with Gasteiger partial charge in [-0.3, -0.25) is 9.59 Å². The number of carbonyl (C=O) groups excluding carboxylic acids is 2. The fraction of sp³-hybridized carbons (Fsp3) is 0.520. The first-order valence-corrected chi connectivity index (χ1v) is 12.3. The summed E-state index contributed by atoms with van der Waals surface area (Å²) in [6.45, 7) is 1.23. The van der Waals surface area contributed by atoms with Crippen molar-refractivity contribution in [3.63, 3.8) is 0 Å². The molecule has 2 aromatic rings. The highest BCUT2D eigenvalue weighted by molar-refractivity contribution is 5.97. The van der Waals surface area contributed by atoms with Gasteiger partial charge in [-0.25, -0.2) is 4.98 Å². The van der Waals surface area contributed by atoms with Gasteiger partial charge in [0.2, 0.25) is 11.9 Å². The van der Waals surface area contributed by atoms with Crippen LogP contribution in [0.5, 0.6) is 5.75 Å². The SMILES string of the molecule is COc1ccc(C(=O)NCCCCO)cc1Nc1ncc2c(n1)N(C1CCCC1)CCC(=O)N2C. The highest BCUT2D eigenvalue weighted by Crippen LogP contribution is 2.37. The van der Waals surface area contributed by atoms with Gasteiger partial charge in [0.25, 0.3) is 5.91 Å². The minimum atomic E-state index is -0.205. The second kappa shape index (κ2) is 11.4. The number of amides is 2. The first kappa shape index (κ1) is 24.7. The van der Waals surface area contributed by atoms with Crippen LogP contribution in [-0.4, -0.2) is 66.8 Å². The third-order valence-electron chi connectivity index (χ3n) is 6.67. The summed E-state index contributed by atoms with van der Waals surface area (Å²) in [5.74, 6) is 1.52. The van der Waals surface area contributed by atoms with Crippen LogP contribution in [0.4, 0.5) is 23.1 Å². The van der Waals surface area contributed by atoms with Crippen molar-refractivity contribution in [1.29, 1.82) is 0 Å². The van der Waals surface area contributed by atoms with E-state index in [4.69, 9.17) is 14.8 Å². The molecule has 0 atom stereocenters. The van der Waals surface area contributed by atoms with Gasteiger partial charge >= 0.3 is 0 Å². The number of fused-ring (bicyclic) bond motifs is 1. The maximum absolute atomic E-state index is 12.6. The Kier molecular flexibility index (Phi) is 8.02. The van der Waals surface area contributed by atoms with Gasteiger partial charge < -0.3 is 30.3 Å². The van der Waals surface area contributed by atoms with E-state index in [-0.39, 0.29) is 18.4 Å². The molecule has 1 aliphatic heterocycles. The molecule has 1 aromatic carbocycles. The lowest BCUT2D eigenvalue weighted by Crippen LogP contribution is -2.34. The average Bonchev–Trinajstić information content (AvgIpc) is 3.37. The van der Waals surface area contributed by atoms with Crippen molar-refractivity contribution in [3.8, 4) is 5.75 Å². The number of methoxy groups -OCH3 is 1. The molecule has 2 aliphatic rings. The van der Waals surface area contributed by atoms with Crippen molar-refractivity contribution in [3.05, 3.63) is 30.0 Å². The van der Waals surface area contributed by atoms with Crippen LogP contribution >= 0.6 is 0 Å². The van der Waals surface area contributed by atoms with Gasteiger partial charge in [-0.2, -0.15) is 4.98 Å². The number of carbonyl (C=O) groups is 2. The number of aromatic nitrogens is 2. The molecule has 188 valence electrons. The zero-order valence-electron chi connectivity index (χ0n) is 20.4. The van der Waals surface area contributed by atoms with E-state index in [0.29, 0.717) is 67.0 Å². The van der Waals surface area contributed by atoms with Crippen LogP contribution in [0.25, 0.3) is 0 Å². The monoisotopic (exact) mass is 482 g/mol. The quantitative estimate of drug-likeness (QED) is 0.467. The molecule has 3 N–H and O–H groups in total. The van der Waals surface area contributed by atoms with E-state index in [2.05, 4.69) is 20.5 Å². The Hall–Kier alpha value is -3.40. The van der Waals surface area contributed by atoms with Gasteiger partial charge in [-0.15, -0.1) is 0 Å². The van der Waals surface area contributed by atoms with Crippen molar-refractivity contribution in [2.24, 2.45) is 0 Å². The number of aliphatic hydroxyl groups is 1. The molecule has 1 aromatic heterocycles. The maximum Gasteiger partial charge on any atom is 0.251 e. The Labute approximate surface area is 205 Å². The van der Waals surface area contributed by atoms with Crippen LogP contribution in [0.3, 0.4) is 0 Å². The van der Waals surface area contributed by atoms with Gasteiger partial charge in [-0.05, 0) is 43.9 Å². The molecule has 35 heavy (non-hydrogen) atoms. The number of rotatable bonds is 9. The Morgan fingerprint density at radius 2 is 2.06 bits per heavy atom. The summed E-state index contributed by atoms with van der Waals surface area (Å²) in [5.41, 5.74) is 1.75. The highest BCUT2D eigenvalue weighted by Gasteiger charge is 2.31. The van der Waals surface area contributed by atoms with Crippen LogP contribution in [-0.2, 0) is 4.79 Å². The summed E-state index contributed by atoms with van der Waals surface area (Å²) in [7, 11) is 3.33. The second-order valence-corrected chi connectivity index (χ2v) is 8.96. The molecule has 10 heteroatoms. The predicted octanol–water partition coefficient (Wildman–Crippen LogP) is 2.85. The van der Waals surface area contributed by atoms with Crippen molar-refractivity contribution < 1.29 is 19.4 Å². The number of hydrogen-bond donors (Lipinski definition) is 3. The molecular weight excluding hydrogens is 448 g/mol. The van der Waals surface area contributed by atoms with Crippen LogP contribution < -0.4 is 25.2 Å². The first-order valence-electron chi connectivity index (χ1n) is 12.3. The molecule has 1 saturated carbocycles. The molecule has 0 unspecified atom stereocenters. The predicted molar refractivity (Wildman–Crippen MR) is 135 cm³/mol. The summed E-state index contributed by atoms with van der Waals surface area (Å²) in [6, 6.07) is 5.50. The lowest BCUT2D eigenvalue weighted by Gasteiger charge is -2.30. The number of benzene rings is 1. The number of ether oxygens (including phenoxy) is 1. The van der Waals surface area contributed by atoms with Crippen LogP contribution in [0, 0.1) is 0 Å². The molecule has 1 fully saturated rings. The molecule has 10 nitrogen and oxygen atoms in total. The summed E-state index contributed by atoms with van der Waals surface area (Å²) in [5, 5.41) is 15.0. The summed E-state index contributed by atoms with van der Waals surface area (Å²) in [6.07, 6.45) is 8.02. The molecule has 0 radical (unpaired) electrons. The van der Waals surface area contributed by atoms with Gasteiger partial charge in [0.1, 0.15) is 11.4 Å². The number of aliphatic hydroxyl groups excluding tert-OH is 1. The van der Waals surface area contributed by atoms with E-state index in [1.807, 2.05) is 0 Å². The molecule has 0 saturated heterocycles. The molecule has 2 amide bonds. The number of nitrogens with zero attached hydrogens (tertiary/aromatic N) is 4. The second-order valence-electron chi connectivity index (χ2n) is 8.96. The number of hydrogen-bond acceptors (Lipinski definition) is 8. The molecule has 0 bridgehead atoms. The largest absolute Gasteiger partial charge is 0.495 e. The van der Waals surface area contributed by atoms with Crippen molar-refractivity contribution in [2.45, 2.75) is 51.0 Å². The van der Waals surface area contributed by atoms with Crippen LogP contribution in [0.1, 0.15) is 55.3 Å². The summed E-state index contributed by atoms with van der Waals surface area (Å²) in [4.78, 5) is 38.3. The van der Waals surface area contributed by atoms with E-state index >= 15 is 0 Å². The molecule has 4 rings (SSSR count). The van der Waals surface area contributed by atoms with Crippen molar-refractivity contribution in [1.82, 2.24) is 15.3 Å². The highest BCUT2D eigenvalue weighted by atomic mass is 16.5. The molecular formula is C25H34N6O4. The van der Waals surface area contributed by atoms with E-state index < -0.39 is 0 Å². The van der Waals surface area contributed by atoms with Crippen molar-refractivity contribution >= 4 is 35.0 Å². The lowest BCUT2D eigenvalue weighted by molar-refractivity contribution is -0.118. The minimum Gasteiger partial charge on any atom is -0.495 e. The third-order valence-corrected chi connectivity index (χ3v) is 6.67. The Balaban J connectivity index is 1.60. The van der Waals surface area contributed by atoms with E-state index in [0.717, 1.165) is 18.7 Å². The lowest BCUT2D eigenvalue weighted by atomic mass is 10.1. The smallest absolute Gasteiger partial charge is 0.251 e. The summed E-state index contributed by atoms with van der Waals surface area (Å²) < 4.78 is 5.49. The number of nitrogens with one attached hydrogen (secondary N) is 2.